The van der Waals surface area contributed by atoms with Crippen molar-refractivity contribution < 1.29 is 0 Å². The zero-order chi connectivity index (χ0) is 16.4. The first-order valence-corrected chi connectivity index (χ1v) is 8.77. The van der Waals surface area contributed by atoms with E-state index in [9.17, 15) is 0 Å². The van der Waals surface area contributed by atoms with Crippen molar-refractivity contribution >= 4 is 28.8 Å². The molecule has 0 unspecified atom stereocenters. The van der Waals surface area contributed by atoms with Gasteiger partial charge in [0.25, 0.3) is 0 Å². The highest BCUT2D eigenvalue weighted by Gasteiger charge is 2.40. The van der Waals surface area contributed by atoms with Crippen LogP contribution in [0.5, 0.6) is 0 Å². The first-order chi connectivity index (χ1) is 11.8. The SMILES string of the molecule is Clc1ccc2c(c1)NC1(CCNCC1)C(=NCc1ccccc1)N2. The summed E-state index contributed by atoms with van der Waals surface area (Å²) in [5.74, 6) is 1.03. The number of rotatable bonds is 2. The van der Waals surface area contributed by atoms with Crippen molar-refractivity contribution in [1.29, 1.82) is 0 Å². The van der Waals surface area contributed by atoms with Gasteiger partial charge in [0.05, 0.1) is 23.5 Å². The van der Waals surface area contributed by atoms with E-state index in [1.807, 2.05) is 24.3 Å². The Morgan fingerprint density at radius 2 is 1.79 bits per heavy atom. The zero-order valence-electron chi connectivity index (χ0n) is 13.5. The molecule has 124 valence electrons. The van der Waals surface area contributed by atoms with E-state index in [4.69, 9.17) is 16.6 Å². The van der Waals surface area contributed by atoms with E-state index in [-0.39, 0.29) is 5.54 Å². The van der Waals surface area contributed by atoms with Crippen LogP contribution in [0.2, 0.25) is 5.02 Å². The van der Waals surface area contributed by atoms with Crippen LogP contribution in [-0.4, -0.2) is 24.5 Å². The van der Waals surface area contributed by atoms with E-state index in [1.165, 1.54) is 5.56 Å². The number of piperidine rings is 1. The summed E-state index contributed by atoms with van der Waals surface area (Å²) >= 11 is 6.17. The summed E-state index contributed by atoms with van der Waals surface area (Å²) in [7, 11) is 0. The van der Waals surface area contributed by atoms with Gasteiger partial charge in [0.2, 0.25) is 0 Å². The monoisotopic (exact) mass is 340 g/mol. The maximum atomic E-state index is 6.17. The van der Waals surface area contributed by atoms with E-state index in [0.717, 1.165) is 48.2 Å². The summed E-state index contributed by atoms with van der Waals surface area (Å²) in [5.41, 5.74) is 3.17. The molecule has 0 aliphatic carbocycles. The minimum absolute atomic E-state index is 0.141. The van der Waals surface area contributed by atoms with E-state index >= 15 is 0 Å². The average Bonchev–Trinajstić information content (AvgIpc) is 2.61. The number of nitrogens with zero attached hydrogens (tertiary/aromatic N) is 1. The van der Waals surface area contributed by atoms with Crippen molar-refractivity contribution in [3.05, 3.63) is 59.1 Å². The number of aliphatic imine (C=N–C) groups is 1. The van der Waals surface area contributed by atoms with Crippen LogP contribution in [-0.2, 0) is 6.54 Å². The van der Waals surface area contributed by atoms with Gasteiger partial charge >= 0.3 is 0 Å². The molecule has 4 nitrogen and oxygen atoms in total. The smallest absolute Gasteiger partial charge is 0.127 e. The molecule has 5 heteroatoms. The van der Waals surface area contributed by atoms with Crippen molar-refractivity contribution in [2.24, 2.45) is 4.99 Å². The lowest BCUT2D eigenvalue weighted by Crippen LogP contribution is -2.57. The van der Waals surface area contributed by atoms with E-state index in [0.29, 0.717) is 6.54 Å². The Hall–Kier alpha value is -2.04. The molecular formula is C19H21ClN4. The predicted molar refractivity (Wildman–Crippen MR) is 101 cm³/mol. The van der Waals surface area contributed by atoms with Gasteiger partial charge in [-0.1, -0.05) is 41.9 Å². The maximum absolute atomic E-state index is 6.17. The van der Waals surface area contributed by atoms with Crippen molar-refractivity contribution in [2.75, 3.05) is 23.7 Å². The number of hydrogen-bond acceptors (Lipinski definition) is 3. The van der Waals surface area contributed by atoms with Crippen LogP contribution in [0.25, 0.3) is 0 Å². The second-order valence-electron chi connectivity index (χ2n) is 6.42. The Morgan fingerprint density at radius 1 is 1.00 bits per heavy atom. The fraction of sp³-hybridized carbons (Fsp3) is 0.316. The number of anilines is 2. The maximum Gasteiger partial charge on any atom is 0.127 e. The van der Waals surface area contributed by atoms with Gasteiger partial charge in [-0.25, -0.2) is 0 Å². The van der Waals surface area contributed by atoms with Gasteiger partial charge in [-0.2, -0.15) is 0 Å². The minimum Gasteiger partial charge on any atom is -0.371 e. The molecule has 0 amide bonds. The molecule has 1 fully saturated rings. The van der Waals surface area contributed by atoms with E-state index in [2.05, 4.69) is 40.2 Å². The molecule has 0 atom stereocenters. The van der Waals surface area contributed by atoms with Gasteiger partial charge in [0.1, 0.15) is 5.84 Å². The number of hydrogen-bond donors (Lipinski definition) is 3. The Labute approximate surface area is 147 Å². The molecule has 3 N–H and O–H groups in total. The third-order valence-corrected chi connectivity index (χ3v) is 5.02. The first kappa shape index (κ1) is 15.5. The Balaban J connectivity index is 1.68. The van der Waals surface area contributed by atoms with Crippen molar-refractivity contribution in [3.8, 4) is 0 Å². The highest BCUT2D eigenvalue weighted by atomic mass is 35.5. The van der Waals surface area contributed by atoms with Gasteiger partial charge in [0.15, 0.2) is 0 Å². The summed E-state index contributed by atoms with van der Waals surface area (Å²) in [6.45, 7) is 2.65. The third-order valence-electron chi connectivity index (χ3n) is 4.78. The summed E-state index contributed by atoms with van der Waals surface area (Å²) < 4.78 is 0. The van der Waals surface area contributed by atoms with Gasteiger partial charge in [0, 0.05) is 5.02 Å². The quantitative estimate of drug-likeness (QED) is 0.777. The molecule has 2 aromatic carbocycles. The van der Waals surface area contributed by atoms with E-state index < -0.39 is 0 Å². The summed E-state index contributed by atoms with van der Waals surface area (Å²) in [5, 5.41) is 11.5. The van der Waals surface area contributed by atoms with Crippen LogP contribution in [0.1, 0.15) is 18.4 Å². The summed E-state index contributed by atoms with van der Waals surface area (Å²) in [4.78, 5) is 4.93. The van der Waals surface area contributed by atoms with Crippen molar-refractivity contribution in [3.63, 3.8) is 0 Å². The average molecular weight is 341 g/mol. The molecule has 2 heterocycles. The van der Waals surface area contributed by atoms with Gasteiger partial charge < -0.3 is 16.0 Å². The van der Waals surface area contributed by atoms with E-state index in [1.54, 1.807) is 0 Å². The summed E-state index contributed by atoms with van der Waals surface area (Å²) in [6.07, 6.45) is 2.00. The lowest BCUT2D eigenvalue weighted by atomic mass is 9.84. The zero-order valence-corrected chi connectivity index (χ0v) is 14.2. The Morgan fingerprint density at radius 3 is 2.58 bits per heavy atom. The molecule has 24 heavy (non-hydrogen) atoms. The molecule has 1 saturated heterocycles. The fourth-order valence-corrected chi connectivity index (χ4v) is 3.63. The number of nitrogens with one attached hydrogen (secondary N) is 3. The topological polar surface area (TPSA) is 48.5 Å². The van der Waals surface area contributed by atoms with Crippen molar-refractivity contribution in [1.82, 2.24) is 5.32 Å². The molecule has 2 aliphatic heterocycles. The first-order valence-electron chi connectivity index (χ1n) is 8.40. The minimum atomic E-state index is -0.141. The van der Waals surface area contributed by atoms with Gasteiger partial charge in [-0.05, 0) is 49.7 Å². The Bertz CT molecular complexity index is 751. The number of fused-ring (bicyclic) bond motifs is 1. The molecule has 4 rings (SSSR count). The predicted octanol–water partition coefficient (Wildman–Crippen LogP) is 3.90. The van der Waals surface area contributed by atoms with Crippen LogP contribution < -0.4 is 16.0 Å². The second-order valence-corrected chi connectivity index (χ2v) is 6.86. The van der Waals surface area contributed by atoms with Gasteiger partial charge in [-0.3, -0.25) is 4.99 Å². The number of amidine groups is 1. The highest BCUT2D eigenvalue weighted by Crippen LogP contribution is 2.37. The molecule has 2 aliphatic rings. The molecule has 0 radical (unpaired) electrons. The highest BCUT2D eigenvalue weighted by molar-refractivity contribution is 6.31. The molecule has 0 aromatic heterocycles. The normalized spacial score (nSPS) is 20.3. The van der Waals surface area contributed by atoms with Crippen LogP contribution >= 0.6 is 11.6 Å². The van der Waals surface area contributed by atoms with Crippen molar-refractivity contribution in [2.45, 2.75) is 24.9 Å². The fourth-order valence-electron chi connectivity index (χ4n) is 3.45. The van der Waals surface area contributed by atoms with Crippen LogP contribution in [0.4, 0.5) is 11.4 Å². The van der Waals surface area contributed by atoms with Gasteiger partial charge in [-0.15, -0.1) is 0 Å². The van der Waals surface area contributed by atoms with Crippen LogP contribution in [0.3, 0.4) is 0 Å². The number of benzene rings is 2. The molecule has 1 spiro atoms. The summed E-state index contributed by atoms with van der Waals surface area (Å²) in [6, 6.07) is 16.3. The second kappa shape index (κ2) is 6.46. The van der Waals surface area contributed by atoms with Crippen LogP contribution in [0.15, 0.2) is 53.5 Å². The standard InChI is InChI=1S/C19H21ClN4/c20-15-6-7-16-17(12-15)24-19(8-10-21-11-9-19)18(23-16)22-13-14-4-2-1-3-5-14/h1-7,12,21,24H,8-11,13H2,(H,22,23). The third kappa shape index (κ3) is 2.99. The number of halogens is 1. The lowest BCUT2D eigenvalue weighted by Gasteiger charge is -2.44. The Kier molecular flexibility index (Phi) is 4.17. The molecular weight excluding hydrogens is 320 g/mol. The largest absolute Gasteiger partial charge is 0.371 e. The lowest BCUT2D eigenvalue weighted by molar-refractivity contribution is 0.419. The molecule has 0 bridgehead atoms. The molecule has 2 aromatic rings. The molecule has 0 saturated carbocycles. The van der Waals surface area contributed by atoms with Crippen LogP contribution in [0, 0.1) is 0 Å².